The fourth-order valence-electron chi connectivity index (χ4n) is 4.08. The van der Waals surface area contributed by atoms with Gasteiger partial charge in [-0.3, -0.25) is 9.69 Å². The monoisotopic (exact) mass is 340 g/mol. The number of hydrogen-bond donors (Lipinski definition) is 1. The average Bonchev–Trinajstić information content (AvgIpc) is 3.23. The number of nitrogens with zero attached hydrogens (tertiary/aromatic N) is 1. The van der Waals surface area contributed by atoms with Gasteiger partial charge in [0.2, 0.25) is 5.91 Å². The minimum atomic E-state index is -0.115. The van der Waals surface area contributed by atoms with E-state index in [2.05, 4.69) is 16.3 Å². The normalized spacial score (nSPS) is 24.0. The Labute approximate surface area is 148 Å². The number of nitrogens with one attached hydrogen (secondary N) is 1. The lowest BCUT2D eigenvalue weighted by Gasteiger charge is -2.30. The number of furan rings is 1. The standard InChI is InChI=1S/C20H24N2O3/c1-24-13-15-9-11-19(25-15)17-7-4-12-22(17)18-10-8-14-5-2-3-6-16(14)21-20(18)23/h2-3,5-6,9,11,17-18H,4,7-8,10,12-13H2,1H3,(H,21,23)/t17-,18-/m0/s1. The second kappa shape index (κ2) is 7.02. The fraction of sp³-hybridized carbons (Fsp3) is 0.450. The molecular weight excluding hydrogens is 316 g/mol. The van der Waals surface area contributed by atoms with E-state index in [9.17, 15) is 4.79 Å². The van der Waals surface area contributed by atoms with E-state index in [1.807, 2.05) is 30.3 Å². The highest BCUT2D eigenvalue weighted by molar-refractivity contribution is 5.96. The van der Waals surface area contributed by atoms with Gasteiger partial charge in [-0.25, -0.2) is 0 Å². The zero-order valence-corrected chi connectivity index (χ0v) is 14.5. The lowest BCUT2D eigenvalue weighted by atomic mass is 10.0. The van der Waals surface area contributed by atoms with E-state index in [1.165, 1.54) is 5.56 Å². The summed E-state index contributed by atoms with van der Waals surface area (Å²) in [4.78, 5) is 15.2. The molecule has 2 aliphatic heterocycles. The van der Waals surface area contributed by atoms with Crippen molar-refractivity contribution in [1.29, 1.82) is 0 Å². The zero-order chi connectivity index (χ0) is 17.2. The first-order chi connectivity index (χ1) is 12.3. The number of likely N-dealkylation sites (tertiary alicyclic amines) is 1. The van der Waals surface area contributed by atoms with E-state index in [4.69, 9.17) is 9.15 Å². The van der Waals surface area contributed by atoms with Crippen molar-refractivity contribution >= 4 is 11.6 Å². The molecule has 1 fully saturated rings. The van der Waals surface area contributed by atoms with Gasteiger partial charge in [-0.15, -0.1) is 0 Å². The largest absolute Gasteiger partial charge is 0.462 e. The molecule has 2 aliphatic rings. The number of methoxy groups -OCH3 is 1. The Kier molecular flexibility index (Phi) is 4.59. The Balaban J connectivity index is 1.54. The van der Waals surface area contributed by atoms with Gasteiger partial charge in [0.1, 0.15) is 18.1 Å². The third kappa shape index (κ3) is 3.22. The first kappa shape index (κ1) is 16.4. The Hall–Kier alpha value is -2.11. The molecule has 1 saturated heterocycles. The van der Waals surface area contributed by atoms with Crippen LogP contribution in [-0.2, 0) is 22.6 Å². The summed E-state index contributed by atoms with van der Waals surface area (Å²) in [5, 5.41) is 3.12. The zero-order valence-electron chi connectivity index (χ0n) is 14.5. The summed E-state index contributed by atoms with van der Waals surface area (Å²) in [6.45, 7) is 1.41. The highest BCUT2D eigenvalue weighted by atomic mass is 16.5. The lowest BCUT2D eigenvalue weighted by molar-refractivity contribution is -0.121. The number of carbonyl (C=O) groups excluding carboxylic acids is 1. The van der Waals surface area contributed by atoms with Gasteiger partial charge in [0.05, 0.1) is 12.1 Å². The number of fused-ring (bicyclic) bond motifs is 1. The van der Waals surface area contributed by atoms with Crippen molar-refractivity contribution in [3.8, 4) is 0 Å². The van der Waals surface area contributed by atoms with E-state index in [1.54, 1.807) is 7.11 Å². The van der Waals surface area contributed by atoms with E-state index in [-0.39, 0.29) is 18.0 Å². The van der Waals surface area contributed by atoms with Crippen LogP contribution in [0.1, 0.15) is 42.4 Å². The molecule has 4 rings (SSSR count). The predicted octanol–water partition coefficient (Wildman–Crippen LogP) is 3.52. The van der Waals surface area contributed by atoms with Crippen LogP contribution >= 0.6 is 0 Å². The van der Waals surface area contributed by atoms with Crippen LogP contribution < -0.4 is 5.32 Å². The molecule has 2 atom stereocenters. The molecule has 5 nitrogen and oxygen atoms in total. The molecule has 3 heterocycles. The Bertz CT molecular complexity index is 755. The Morgan fingerprint density at radius 1 is 1.20 bits per heavy atom. The predicted molar refractivity (Wildman–Crippen MR) is 95.3 cm³/mol. The number of amides is 1. The quantitative estimate of drug-likeness (QED) is 0.925. The molecule has 0 saturated carbocycles. The van der Waals surface area contributed by atoms with E-state index in [0.29, 0.717) is 6.61 Å². The van der Waals surface area contributed by atoms with Gasteiger partial charge in [0.25, 0.3) is 0 Å². The van der Waals surface area contributed by atoms with Crippen LogP contribution in [0.25, 0.3) is 0 Å². The van der Waals surface area contributed by atoms with Crippen molar-refractivity contribution < 1.29 is 13.9 Å². The number of anilines is 1. The number of aryl methyl sites for hydroxylation is 1. The SMILES string of the molecule is COCc1ccc([C@@H]2CCCN2[C@H]2CCc3ccccc3NC2=O)o1. The highest BCUT2D eigenvalue weighted by Gasteiger charge is 2.38. The average molecular weight is 340 g/mol. The number of ether oxygens (including phenoxy) is 1. The second-order valence-electron chi connectivity index (χ2n) is 6.83. The van der Waals surface area contributed by atoms with Gasteiger partial charge in [-0.1, -0.05) is 18.2 Å². The van der Waals surface area contributed by atoms with Crippen molar-refractivity contribution in [1.82, 2.24) is 4.90 Å². The summed E-state index contributed by atoms with van der Waals surface area (Å²) in [6, 6.07) is 12.1. The first-order valence-corrected chi connectivity index (χ1v) is 8.98. The van der Waals surface area contributed by atoms with E-state index >= 15 is 0 Å². The number of rotatable bonds is 4. The minimum absolute atomic E-state index is 0.0977. The maximum atomic E-state index is 12.8. The summed E-state index contributed by atoms with van der Waals surface area (Å²) in [5.74, 6) is 1.88. The van der Waals surface area contributed by atoms with Crippen molar-refractivity contribution in [2.45, 2.75) is 44.4 Å². The van der Waals surface area contributed by atoms with E-state index in [0.717, 1.165) is 49.4 Å². The molecule has 1 aromatic heterocycles. The summed E-state index contributed by atoms with van der Waals surface area (Å²) in [7, 11) is 1.66. The molecule has 0 bridgehead atoms. The third-order valence-corrected chi connectivity index (χ3v) is 5.26. The molecule has 0 spiro atoms. The number of para-hydroxylation sites is 1. The van der Waals surface area contributed by atoms with Crippen LogP contribution in [0.2, 0.25) is 0 Å². The van der Waals surface area contributed by atoms with E-state index < -0.39 is 0 Å². The summed E-state index contributed by atoms with van der Waals surface area (Å²) >= 11 is 0. The number of benzene rings is 1. The van der Waals surface area contributed by atoms with Gasteiger partial charge in [-0.2, -0.15) is 0 Å². The molecule has 132 valence electrons. The fourth-order valence-corrected chi connectivity index (χ4v) is 4.08. The van der Waals surface area contributed by atoms with Crippen molar-refractivity contribution in [3.05, 3.63) is 53.5 Å². The van der Waals surface area contributed by atoms with Crippen LogP contribution in [0.4, 0.5) is 5.69 Å². The lowest BCUT2D eigenvalue weighted by Crippen LogP contribution is -2.43. The van der Waals surface area contributed by atoms with Crippen LogP contribution in [0, 0.1) is 0 Å². The van der Waals surface area contributed by atoms with Gasteiger partial charge < -0.3 is 14.5 Å². The molecule has 1 aromatic carbocycles. The summed E-state index contributed by atoms with van der Waals surface area (Å²) < 4.78 is 11.1. The molecule has 0 radical (unpaired) electrons. The van der Waals surface area contributed by atoms with Gasteiger partial charge in [-0.05, 0) is 56.0 Å². The molecule has 5 heteroatoms. The number of hydrogen-bond acceptors (Lipinski definition) is 4. The maximum Gasteiger partial charge on any atom is 0.241 e. The summed E-state index contributed by atoms with van der Waals surface area (Å²) in [5.41, 5.74) is 2.17. The van der Waals surface area contributed by atoms with Gasteiger partial charge in [0, 0.05) is 12.8 Å². The first-order valence-electron chi connectivity index (χ1n) is 8.98. The number of carbonyl (C=O) groups is 1. The molecule has 0 unspecified atom stereocenters. The second-order valence-corrected chi connectivity index (χ2v) is 6.83. The van der Waals surface area contributed by atoms with Gasteiger partial charge >= 0.3 is 0 Å². The van der Waals surface area contributed by atoms with Crippen molar-refractivity contribution in [2.75, 3.05) is 19.0 Å². The van der Waals surface area contributed by atoms with Crippen LogP contribution in [0.15, 0.2) is 40.8 Å². The summed E-state index contributed by atoms with van der Waals surface area (Å²) in [6.07, 6.45) is 3.86. The van der Waals surface area contributed by atoms with Crippen molar-refractivity contribution in [2.24, 2.45) is 0 Å². The highest BCUT2D eigenvalue weighted by Crippen LogP contribution is 2.37. The van der Waals surface area contributed by atoms with Gasteiger partial charge in [0.15, 0.2) is 0 Å². The molecular formula is C20H24N2O3. The maximum absolute atomic E-state index is 12.8. The molecule has 25 heavy (non-hydrogen) atoms. The van der Waals surface area contributed by atoms with Crippen molar-refractivity contribution in [3.63, 3.8) is 0 Å². The van der Waals surface area contributed by atoms with Crippen LogP contribution in [-0.4, -0.2) is 30.5 Å². The molecule has 1 amide bonds. The molecule has 2 aromatic rings. The Morgan fingerprint density at radius 3 is 2.96 bits per heavy atom. The minimum Gasteiger partial charge on any atom is -0.462 e. The third-order valence-electron chi connectivity index (χ3n) is 5.26. The molecule has 0 aliphatic carbocycles. The van der Waals surface area contributed by atoms with Crippen LogP contribution in [0.5, 0.6) is 0 Å². The Morgan fingerprint density at radius 2 is 2.08 bits per heavy atom. The van der Waals surface area contributed by atoms with Crippen LogP contribution in [0.3, 0.4) is 0 Å². The molecule has 1 N–H and O–H groups in total. The topological polar surface area (TPSA) is 54.7 Å². The smallest absolute Gasteiger partial charge is 0.241 e.